The molecule has 0 spiro atoms. The molecule has 2 aromatic rings. The van der Waals surface area contributed by atoms with Crippen LogP contribution in [0, 0.1) is 0 Å². The van der Waals surface area contributed by atoms with Crippen LogP contribution < -0.4 is 5.32 Å². The van der Waals surface area contributed by atoms with Crippen molar-refractivity contribution >= 4 is 22.7 Å². The number of hydrogen-bond donors (Lipinski definition) is 2. The molecule has 0 radical (unpaired) electrons. The Morgan fingerprint density at radius 1 is 1.33 bits per heavy atom. The van der Waals surface area contributed by atoms with Crippen LogP contribution in [0.3, 0.4) is 0 Å². The van der Waals surface area contributed by atoms with Gasteiger partial charge in [-0.25, -0.2) is 4.79 Å². The molecule has 2 N–H and O–H groups in total. The Kier molecular flexibility index (Phi) is 3.14. The summed E-state index contributed by atoms with van der Waals surface area (Å²) in [6.45, 7) is -1.61. The minimum Gasteiger partial charge on any atom is -0.440 e. The van der Waals surface area contributed by atoms with Crippen molar-refractivity contribution in [3.8, 4) is 0 Å². The maximum absolute atomic E-state index is 11.8. The molecule has 0 fully saturated rings. The summed E-state index contributed by atoms with van der Waals surface area (Å²) in [7, 11) is 0. The lowest BCUT2D eigenvalue weighted by molar-refractivity contribution is -0.159. The van der Waals surface area contributed by atoms with Gasteiger partial charge in [0.1, 0.15) is 0 Å². The third-order valence-corrected chi connectivity index (χ3v) is 2.17. The summed E-state index contributed by atoms with van der Waals surface area (Å²) < 4.78 is 39.5. The van der Waals surface area contributed by atoms with E-state index in [2.05, 4.69) is 15.0 Å². The molecule has 0 saturated carbocycles. The summed E-state index contributed by atoms with van der Waals surface area (Å²) in [5.74, 6) is 0. The molecule has 1 amide bonds. The molecule has 0 aliphatic heterocycles. The van der Waals surface area contributed by atoms with Crippen molar-refractivity contribution in [3.63, 3.8) is 0 Å². The van der Waals surface area contributed by atoms with Crippen molar-refractivity contribution in [2.24, 2.45) is 0 Å². The number of H-pyrrole nitrogens is 1. The van der Waals surface area contributed by atoms with E-state index in [1.54, 1.807) is 30.5 Å². The van der Waals surface area contributed by atoms with Crippen molar-refractivity contribution in [3.05, 3.63) is 30.5 Å². The topological polar surface area (TPSA) is 54.1 Å². The minimum atomic E-state index is -4.53. The normalized spacial score (nSPS) is 11.5. The Labute approximate surface area is 99.7 Å². The van der Waals surface area contributed by atoms with Gasteiger partial charge in [0.05, 0.1) is 0 Å². The highest BCUT2D eigenvalue weighted by Crippen LogP contribution is 2.18. The molecule has 96 valence electrons. The van der Waals surface area contributed by atoms with Crippen molar-refractivity contribution in [2.45, 2.75) is 6.18 Å². The van der Waals surface area contributed by atoms with Crippen LogP contribution in [0.4, 0.5) is 23.7 Å². The molecule has 0 aliphatic rings. The van der Waals surface area contributed by atoms with E-state index in [4.69, 9.17) is 0 Å². The molecule has 0 atom stereocenters. The number of carbonyl (C=O) groups is 1. The number of anilines is 1. The quantitative estimate of drug-likeness (QED) is 0.868. The van der Waals surface area contributed by atoms with E-state index < -0.39 is 18.9 Å². The third-order valence-electron chi connectivity index (χ3n) is 2.17. The number of amides is 1. The van der Waals surface area contributed by atoms with Crippen molar-refractivity contribution in [2.75, 3.05) is 11.9 Å². The number of alkyl halides is 3. The Hall–Kier alpha value is -2.18. The van der Waals surface area contributed by atoms with Crippen LogP contribution in [-0.2, 0) is 4.74 Å². The molecule has 0 saturated heterocycles. The highest BCUT2D eigenvalue weighted by molar-refractivity contribution is 5.90. The predicted molar refractivity (Wildman–Crippen MR) is 59.3 cm³/mol. The molecule has 4 nitrogen and oxygen atoms in total. The Bertz CT molecular complexity index is 563. The number of benzene rings is 1. The number of ether oxygens (including phenoxy) is 1. The zero-order valence-electron chi connectivity index (χ0n) is 9.04. The molecule has 1 heterocycles. The lowest BCUT2D eigenvalue weighted by atomic mass is 10.2. The van der Waals surface area contributed by atoms with Crippen LogP contribution in [0.15, 0.2) is 30.5 Å². The van der Waals surface area contributed by atoms with Gasteiger partial charge in [0.2, 0.25) is 0 Å². The lowest BCUT2D eigenvalue weighted by Crippen LogP contribution is -2.23. The van der Waals surface area contributed by atoms with E-state index in [1.165, 1.54) is 0 Å². The Morgan fingerprint density at radius 3 is 2.83 bits per heavy atom. The number of aromatic nitrogens is 1. The van der Waals surface area contributed by atoms with Gasteiger partial charge in [-0.1, -0.05) is 0 Å². The predicted octanol–water partition coefficient (Wildman–Crippen LogP) is 3.28. The maximum atomic E-state index is 11.8. The maximum Gasteiger partial charge on any atom is 0.422 e. The average Bonchev–Trinajstić information content (AvgIpc) is 2.72. The zero-order valence-corrected chi connectivity index (χ0v) is 9.04. The smallest absolute Gasteiger partial charge is 0.422 e. The number of halogens is 3. The zero-order chi connectivity index (χ0) is 13.2. The summed E-state index contributed by atoms with van der Waals surface area (Å²) in [5, 5.41) is 3.06. The summed E-state index contributed by atoms with van der Waals surface area (Å²) in [6.07, 6.45) is -3.94. The van der Waals surface area contributed by atoms with Gasteiger partial charge >= 0.3 is 12.3 Å². The van der Waals surface area contributed by atoms with E-state index in [0.29, 0.717) is 5.69 Å². The van der Waals surface area contributed by atoms with E-state index in [1.807, 2.05) is 0 Å². The number of hydrogen-bond acceptors (Lipinski definition) is 2. The number of rotatable bonds is 2. The van der Waals surface area contributed by atoms with Crippen LogP contribution in [0.25, 0.3) is 10.9 Å². The molecule has 18 heavy (non-hydrogen) atoms. The SMILES string of the molecule is O=C(Nc1ccc2[nH]ccc2c1)OCC(F)(F)F. The summed E-state index contributed by atoms with van der Waals surface area (Å²) in [6, 6.07) is 6.67. The van der Waals surface area contributed by atoms with Gasteiger partial charge < -0.3 is 9.72 Å². The van der Waals surface area contributed by atoms with Gasteiger partial charge in [0, 0.05) is 22.8 Å². The second kappa shape index (κ2) is 4.59. The van der Waals surface area contributed by atoms with E-state index in [0.717, 1.165) is 10.9 Å². The van der Waals surface area contributed by atoms with Crippen molar-refractivity contribution in [1.29, 1.82) is 0 Å². The fourth-order valence-electron chi connectivity index (χ4n) is 1.43. The van der Waals surface area contributed by atoms with E-state index in [-0.39, 0.29) is 0 Å². The Balaban J connectivity index is 1.98. The molecule has 0 bridgehead atoms. The summed E-state index contributed by atoms with van der Waals surface area (Å²) >= 11 is 0. The first-order valence-corrected chi connectivity index (χ1v) is 5.02. The number of nitrogens with one attached hydrogen (secondary N) is 2. The monoisotopic (exact) mass is 258 g/mol. The van der Waals surface area contributed by atoms with Crippen molar-refractivity contribution < 1.29 is 22.7 Å². The van der Waals surface area contributed by atoms with E-state index >= 15 is 0 Å². The average molecular weight is 258 g/mol. The highest BCUT2D eigenvalue weighted by Gasteiger charge is 2.29. The second-order valence-corrected chi connectivity index (χ2v) is 3.60. The van der Waals surface area contributed by atoms with Gasteiger partial charge in [-0.15, -0.1) is 0 Å². The van der Waals surface area contributed by atoms with Gasteiger partial charge in [0.25, 0.3) is 0 Å². The van der Waals surface area contributed by atoms with Gasteiger partial charge in [0.15, 0.2) is 6.61 Å². The first kappa shape index (κ1) is 12.3. The number of aromatic amines is 1. The molecule has 1 aromatic heterocycles. The standard InChI is InChI=1S/C11H9F3N2O2/c12-11(13,14)6-18-10(17)16-8-1-2-9-7(5-8)3-4-15-9/h1-5,15H,6H2,(H,16,17). The number of fused-ring (bicyclic) bond motifs is 1. The van der Waals surface area contributed by atoms with Crippen LogP contribution in [0.1, 0.15) is 0 Å². The van der Waals surface area contributed by atoms with Crippen LogP contribution in [0.5, 0.6) is 0 Å². The molecular weight excluding hydrogens is 249 g/mol. The lowest BCUT2D eigenvalue weighted by Gasteiger charge is -2.09. The summed E-state index contributed by atoms with van der Waals surface area (Å²) in [5.41, 5.74) is 1.23. The fraction of sp³-hybridized carbons (Fsp3) is 0.182. The van der Waals surface area contributed by atoms with Crippen molar-refractivity contribution in [1.82, 2.24) is 4.98 Å². The minimum absolute atomic E-state index is 0.370. The molecule has 7 heteroatoms. The largest absolute Gasteiger partial charge is 0.440 e. The highest BCUT2D eigenvalue weighted by atomic mass is 19.4. The first-order chi connectivity index (χ1) is 8.44. The van der Waals surface area contributed by atoms with Crippen LogP contribution >= 0.6 is 0 Å². The molecule has 0 unspecified atom stereocenters. The molecule has 1 aromatic carbocycles. The second-order valence-electron chi connectivity index (χ2n) is 3.60. The Morgan fingerprint density at radius 2 is 2.11 bits per heavy atom. The van der Waals surface area contributed by atoms with Gasteiger partial charge in [-0.3, -0.25) is 5.32 Å². The third kappa shape index (κ3) is 3.16. The molecule has 0 aliphatic carbocycles. The molecule has 2 rings (SSSR count). The van der Waals surface area contributed by atoms with E-state index in [9.17, 15) is 18.0 Å². The summed E-state index contributed by atoms with van der Waals surface area (Å²) in [4.78, 5) is 14.0. The van der Waals surface area contributed by atoms with Crippen LogP contribution in [-0.4, -0.2) is 23.9 Å². The fourth-order valence-corrected chi connectivity index (χ4v) is 1.43. The van der Waals surface area contributed by atoms with Crippen LogP contribution in [0.2, 0.25) is 0 Å². The van der Waals surface area contributed by atoms with Gasteiger partial charge in [-0.2, -0.15) is 13.2 Å². The number of carbonyl (C=O) groups excluding carboxylic acids is 1. The molecular formula is C11H9F3N2O2. The first-order valence-electron chi connectivity index (χ1n) is 5.02. The van der Waals surface area contributed by atoms with Gasteiger partial charge in [-0.05, 0) is 24.3 Å².